The van der Waals surface area contributed by atoms with Gasteiger partial charge in [-0.3, -0.25) is 20.7 Å². The molecule has 4 rings (SSSR count). The normalized spacial score (nSPS) is 13.1. The Kier molecular flexibility index (Phi) is 6.83. The summed E-state index contributed by atoms with van der Waals surface area (Å²) in [7, 11) is -0.296. The molecule has 0 saturated carbocycles. The van der Waals surface area contributed by atoms with Crippen LogP contribution in [0.1, 0.15) is 18.1 Å². The minimum atomic E-state index is -1.88. The molecule has 0 bridgehead atoms. The number of anilines is 1. The van der Waals surface area contributed by atoms with E-state index in [1.165, 1.54) is 23.9 Å². The summed E-state index contributed by atoms with van der Waals surface area (Å²) in [6.45, 7) is 1.76. The van der Waals surface area contributed by atoms with Crippen LogP contribution in [0, 0.1) is 16.6 Å². The van der Waals surface area contributed by atoms with Gasteiger partial charge >= 0.3 is 7.12 Å². The van der Waals surface area contributed by atoms with Crippen molar-refractivity contribution in [1.82, 2.24) is 0 Å². The van der Waals surface area contributed by atoms with Gasteiger partial charge in [0, 0.05) is 26.4 Å². The molecule has 1 heterocycles. The molecule has 3 aromatic carbocycles. The zero-order valence-corrected chi connectivity index (χ0v) is 19.4. The van der Waals surface area contributed by atoms with Gasteiger partial charge in [0.05, 0.1) is 25.1 Å². The summed E-state index contributed by atoms with van der Waals surface area (Å²) in [6, 6.07) is 17.3. The molecule has 3 aromatic rings. The molecule has 0 atom stereocenters. The van der Waals surface area contributed by atoms with Crippen molar-refractivity contribution in [3.63, 3.8) is 0 Å². The molecule has 0 saturated heterocycles. The number of hydrogen-bond donors (Lipinski definition) is 4. The van der Waals surface area contributed by atoms with Crippen molar-refractivity contribution in [3.8, 4) is 5.75 Å². The van der Waals surface area contributed by atoms with Crippen LogP contribution >= 0.6 is 11.8 Å². The standard InChI is InChI=1S/C24H22BFN4O3S/c1-14(27)30-22-10-5-16(33-2)11-19(22)24(29-13-23(30)28)15-3-6-17(7-4-15)34-18-8-9-21(26)20(12-18)25(31)32/h3-12,27-28,31-32H,13H2,1-2H3. The van der Waals surface area contributed by atoms with Gasteiger partial charge in [-0.25, -0.2) is 4.39 Å². The summed E-state index contributed by atoms with van der Waals surface area (Å²) in [5.41, 5.74) is 2.80. The summed E-state index contributed by atoms with van der Waals surface area (Å²) >= 11 is 1.36. The Morgan fingerprint density at radius 3 is 2.44 bits per heavy atom. The van der Waals surface area contributed by atoms with Gasteiger partial charge in [0.1, 0.15) is 23.2 Å². The van der Waals surface area contributed by atoms with Crippen LogP contribution in [0.4, 0.5) is 10.1 Å². The largest absolute Gasteiger partial charge is 0.497 e. The third-order valence-corrected chi connectivity index (χ3v) is 6.30. The lowest BCUT2D eigenvalue weighted by molar-refractivity contribution is 0.415. The summed E-state index contributed by atoms with van der Waals surface area (Å²) in [5.74, 6) is 0.410. The number of benzodiazepines with no additional fused rings is 1. The van der Waals surface area contributed by atoms with Crippen LogP contribution in [0.2, 0.25) is 0 Å². The van der Waals surface area contributed by atoms with E-state index in [9.17, 15) is 14.4 Å². The quantitative estimate of drug-likeness (QED) is 0.257. The molecule has 0 aliphatic carbocycles. The second-order valence-electron chi connectivity index (χ2n) is 7.60. The second-order valence-corrected chi connectivity index (χ2v) is 8.75. The maximum Gasteiger partial charge on any atom is 0.491 e. The van der Waals surface area contributed by atoms with Crippen LogP contribution in [0.5, 0.6) is 5.75 Å². The van der Waals surface area contributed by atoms with Crippen LogP contribution in [-0.2, 0) is 0 Å². The number of nitrogens with zero attached hydrogens (tertiary/aromatic N) is 2. The summed E-state index contributed by atoms with van der Waals surface area (Å²) < 4.78 is 19.1. The monoisotopic (exact) mass is 476 g/mol. The van der Waals surface area contributed by atoms with E-state index in [-0.39, 0.29) is 23.7 Å². The Morgan fingerprint density at radius 2 is 1.79 bits per heavy atom. The molecule has 0 radical (unpaired) electrons. The van der Waals surface area contributed by atoms with E-state index in [0.29, 0.717) is 22.0 Å². The van der Waals surface area contributed by atoms with Gasteiger partial charge in [-0.2, -0.15) is 0 Å². The first-order valence-electron chi connectivity index (χ1n) is 10.4. The summed E-state index contributed by atoms with van der Waals surface area (Å²) in [5, 5.41) is 35.2. The predicted molar refractivity (Wildman–Crippen MR) is 134 cm³/mol. The summed E-state index contributed by atoms with van der Waals surface area (Å²) in [6.07, 6.45) is 0. The van der Waals surface area contributed by atoms with E-state index in [4.69, 9.17) is 15.6 Å². The van der Waals surface area contributed by atoms with Crippen molar-refractivity contribution in [1.29, 1.82) is 10.8 Å². The fourth-order valence-electron chi connectivity index (χ4n) is 3.71. The average Bonchev–Trinajstić information content (AvgIpc) is 2.96. The molecule has 0 aromatic heterocycles. The highest BCUT2D eigenvalue weighted by atomic mass is 32.2. The van der Waals surface area contributed by atoms with E-state index in [1.807, 2.05) is 36.4 Å². The highest BCUT2D eigenvalue weighted by molar-refractivity contribution is 7.99. The number of benzene rings is 3. The number of amidine groups is 2. The Bertz CT molecular complexity index is 1300. The van der Waals surface area contributed by atoms with E-state index in [0.717, 1.165) is 16.0 Å². The Balaban J connectivity index is 1.68. The minimum absolute atomic E-state index is 0.126. The fraction of sp³-hybridized carbons (Fsp3) is 0.125. The van der Waals surface area contributed by atoms with Crippen molar-refractivity contribution in [2.75, 3.05) is 18.6 Å². The predicted octanol–water partition coefficient (Wildman–Crippen LogP) is 3.30. The fourth-order valence-corrected chi connectivity index (χ4v) is 4.58. The zero-order chi connectivity index (χ0) is 24.4. The van der Waals surface area contributed by atoms with Gasteiger partial charge in [0.2, 0.25) is 0 Å². The molecule has 172 valence electrons. The SMILES string of the molecule is COc1ccc2c(c1)C(c1ccc(Sc3ccc(F)c(B(O)O)c3)cc1)=NCC(=N)N2C(C)=N. The topological polar surface area (TPSA) is 113 Å². The first kappa shape index (κ1) is 23.7. The van der Waals surface area contributed by atoms with Crippen LogP contribution < -0.4 is 15.1 Å². The molecule has 10 heteroatoms. The van der Waals surface area contributed by atoms with E-state index in [2.05, 4.69) is 4.99 Å². The molecule has 0 spiro atoms. The lowest BCUT2D eigenvalue weighted by atomic mass is 9.80. The molecule has 0 unspecified atom stereocenters. The van der Waals surface area contributed by atoms with Crippen molar-refractivity contribution >= 4 is 47.4 Å². The molecule has 4 N–H and O–H groups in total. The Labute approximate surface area is 201 Å². The number of methoxy groups -OCH3 is 1. The van der Waals surface area contributed by atoms with E-state index in [1.54, 1.807) is 31.1 Å². The number of nitrogens with one attached hydrogen (secondary N) is 2. The van der Waals surface area contributed by atoms with Crippen molar-refractivity contribution in [2.24, 2.45) is 4.99 Å². The molecule has 34 heavy (non-hydrogen) atoms. The molecular weight excluding hydrogens is 454 g/mol. The minimum Gasteiger partial charge on any atom is -0.497 e. The smallest absolute Gasteiger partial charge is 0.491 e. The van der Waals surface area contributed by atoms with Crippen molar-refractivity contribution in [2.45, 2.75) is 16.7 Å². The van der Waals surface area contributed by atoms with Gasteiger partial charge in [-0.05, 0) is 55.5 Å². The Hall–Kier alpha value is -3.47. The number of halogens is 1. The van der Waals surface area contributed by atoms with Gasteiger partial charge in [0.25, 0.3) is 0 Å². The zero-order valence-electron chi connectivity index (χ0n) is 18.5. The third kappa shape index (κ3) is 4.74. The molecular formula is C24H22BFN4O3S. The number of rotatable bonds is 5. The van der Waals surface area contributed by atoms with Crippen LogP contribution in [0.3, 0.4) is 0 Å². The van der Waals surface area contributed by atoms with Gasteiger partial charge in [-0.1, -0.05) is 23.9 Å². The number of hydrogen-bond acceptors (Lipinski definition) is 7. The number of ether oxygens (including phenoxy) is 1. The third-order valence-electron chi connectivity index (χ3n) is 5.30. The van der Waals surface area contributed by atoms with E-state index < -0.39 is 12.9 Å². The maximum absolute atomic E-state index is 13.7. The first-order valence-corrected chi connectivity index (χ1v) is 11.2. The molecule has 0 amide bonds. The van der Waals surface area contributed by atoms with Gasteiger partial charge in [-0.15, -0.1) is 0 Å². The number of fused-ring (bicyclic) bond motifs is 1. The van der Waals surface area contributed by atoms with Crippen molar-refractivity contribution in [3.05, 3.63) is 77.6 Å². The molecule has 1 aliphatic rings. The maximum atomic E-state index is 13.7. The lowest BCUT2D eigenvalue weighted by Gasteiger charge is -2.24. The summed E-state index contributed by atoms with van der Waals surface area (Å²) in [4.78, 5) is 7.78. The van der Waals surface area contributed by atoms with Crippen LogP contribution in [0.25, 0.3) is 0 Å². The second kappa shape index (κ2) is 9.80. The lowest BCUT2D eigenvalue weighted by Crippen LogP contribution is -2.35. The van der Waals surface area contributed by atoms with Gasteiger partial charge in [0.15, 0.2) is 0 Å². The highest BCUT2D eigenvalue weighted by Gasteiger charge is 2.25. The highest BCUT2D eigenvalue weighted by Crippen LogP contribution is 2.32. The van der Waals surface area contributed by atoms with Crippen molar-refractivity contribution < 1.29 is 19.2 Å². The van der Waals surface area contributed by atoms with Crippen LogP contribution in [-0.4, -0.2) is 48.2 Å². The molecule has 0 fully saturated rings. The Morgan fingerprint density at radius 1 is 1.09 bits per heavy atom. The number of aliphatic imine (C=N–C) groups is 1. The molecule has 1 aliphatic heterocycles. The van der Waals surface area contributed by atoms with Gasteiger partial charge < -0.3 is 14.8 Å². The molecule has 7 nitrogen and oxygen atoms in total. The first-order chi connectivity index (χ1) is 16.3. The average molecular weight is 476 g/mol. The van der Waals surface area contributed by atoms with E-state index >= 15 is 0 Å². The van der Waals surface area contributed by atoms with Crippen LogP contribution in [0.15, 0.2) is 75.4 Å².